The third-order valence-corrected chi connectivity index (χ3v) is 3.76. The largest absolute Gasteiger partial charge is 0.462 e. The lowest BCUT2D eigenvalue weighted by atomic mass is 9.82. The first-order chi connectivity index (χ1) is 9.51. The molecule has 1 fully saturated rings. The first-order valence-corrected chi connectivity index (χ1v) is 7.05. The number of carbonyl (C=O) groups excluding carboxylic acids is 1. The minimum Gasteiger partial charge on any atom is -0.462 e. The summed E-state index contributed by atoms with van der Waals surface area (Å²) in [5, 5.41) is 13.5. The van der Waals surface area contributed by atoms with Gasteiger partial charge in [0.2, 0.25) is 0 Å². The van der Waals surface area contributed by atoms with E-state index in [1.54, 1.807) is 17.8 Å². The number of ether oxygens (including phenoxy) is 1. The van der Waals surface area contributed by atoms with Crippen LogP contribution in [0.4, 0.5) is 0 Å². The number of aromatic nitrogens is 2. The summed E-state index contributed by atoms with van der Waals surface area (Å²) in [6.07, 6.45) is 3.19. The minimum absolute atomic E-state index is 0.125. The van der Waals surface area contributed by atoms with E-state index in [1.807, 2.05) is 14.1 Å². The molecule has 1 aromatic heterocycles. The summed E-state index contributed by atoms with van der Waals surface area (Å²) in [5.41, 5.74) is 1.40. The summed E-state index contributed by atoms with van der Waals surface area (Å²) in [6.45, 7) is 3.73. The Bertz CT molecular complexity index is 466. The van der Waals surface area contributed by atoms with Crippen LogP contribution in [-0.4, -0.2) is 52.1 Å². The van der Waals surface area contributed by atoms with Crippen LogP contribution in [0.3, 0.4) is 0 Å². The van der Waals surface area contributed by atoms with E-state index in [9.17, 15) is 9.90 Å². The van der Waals surface area contributed by atoms with Crippen LogP contribution in [0.1, 0.15) is 35.8 Å². The SMILES string of the molecule is CCOC(=O)c1cnn(C)c1CN(C)CC1CC(O)C1. The van der Waals surface area contributed by atoms with Crippen molar-refractivity contribution in [1.29, 1.82) is 0 Å². The fraction of sp³-hybridized carbons (Fsp3) is 0.714. The Hall–Kier alpha value is -1.40. The Morgan fingerprint density at radius 1 is 1.60 bits per heavy atom. The molecule has 0 spiro atoms. The molecule has 0 bridgehead atoms. The molecule has 1 heterocycles. The number of aryl methyl sites for hydroxylation is 1. The van der Waals surface area contributed by atoms with Crippen LogP contribution in [0.2, 0.25) is 0 Å². The van der Waals surface area contributed by atoms with Gasteiger partial charge in [0.25, 0.3) is 0 Å². The second-order valence-corrected chi connectivity index (χ2v) is 5.54. The lowest BCUT2D eigenvalue weighted by molar-refractivity contribution is 0.0270. The number of esters is 1. The number of nitrogens with zero attached hydrogens (tertiary/aromatic N) is 3. The van der Waals surface area contributed by atoms with Gasteiger partial charge in [0.1, 0.15) is 5.56 Å². The molecule has 6 heteroatoms. The zero-order chi connectivity index (χ0) is 14.7. The van der Waals surface area contributed by atoms with Crippen molar-refractivity contribution in [3.63, 3.8) is 0 Å². The molecular formula is C14H23N3O3. The predicted octanol–water partition coefficient (Wildman–Crippen LogP) is 0.799. The second kappa shape index (κ2) is 6.37. The number of hydrogen-bond acceptors (Lipinski definition) is 5. The van der Waals surface area contributed by atoms with Gasteiger partial charge in [0.15, 0.2) is 0 Å². The van der Waals surface area contributed by atoms with E-state index < -0.39 is 0 Å². The van der Waals surface area contributed by atoms with Crippen LogP contribution >= 0.6 is 0 Å². The lowest BCUT2D eigenvalue weighted by Gasteiger charge is -2.34. The minimum atomic E-state index is -0.317. The van der Waals surface area contributed by atoms with Crippen molar-refractivity contribution >= 4 is 5.97 Å². The molecule has 1 aliphatic carbocycles. The Kier molecular flexibility index (Phi) is 4.77. The maximum atomic E-state index is 11.9. The van der Waals surface area contributed by atoms with Crippen molar-refractivity contribution < 1.29 is 14.6 Å². The molecule has 0 unspecified atom stereocenters. The van der Waals surface area contributed by atoms with Crippen LogP contribution in [0.15, 0.2) is 6.20 Å². The van der Waals surface area contributed by atoms with Crippen molar-refractivity contribution in [3.8, 4) is 0 Å². The van der Waals surface area contributed by atoms with Gasteiger partial charge in [-0.1, -0.05) is 0 Å². The van der Waals surface area contributed by atoms with E-state index >= 15 is 0 Å². The molecular weight excluding hydrogens is 258 g/mol. The van der Waals surface area contributed by atoms with Gasteiger partial charge in [-0.3, -0.25) is 4.68 Å². The molecule has 1 aromatic rings. The molecule has 1 aliphatic rings. The van der Waals surface area contributed by atoms with Crippen molar-refractivity contribution in [3.05, 3.63) is 17.5 Å². The normalized spacial score (nSPS) is 21.9. The van der Waals surface area contributed by atoms with E-state index in [1.165, 1.54) is 0 Å². The number of carbonyl (C=O) groups is 1. The smallest absolute Gasteiger partial charge is 0.341 e. The molecule has 0 atom stereocenters. The molecule has 0 amide bonds. The summed E-state index contributed by atoms with van der Waals surface area (Å²) in [7, 11) is 3.85. The summed E-state index contributed by atoms with van der Waals surface area (Å²) in [6, 6.07) is 0. The highest BCUT2D eigenvalue weighted by molar-refractivity contribution is 5.90. The number of rotatable bonds is 6. The first-order valence-electron chi connectivity index (χ1n) is 7.05. The predicted molar refractivity (Wildman–Crippen MR) is 74.2 cm³/mol. The van der Waals surface area contributed by atoms with Gasteiger partial charge in [0, 0.05) is 20.1 Å². The molecule has 2 rings (SSSR count). The molecule has 0 saturated heterocycles. The summed E-state index contributed by atoms with van der Waals surface area (Å²) >= 11 is 0. The molecule has 0 aromatic carbocycles. The third-order valence-electron chi connectivity index (χ3n) is 3.76. The van der Waals surface area contributed by atoms with Crippen molar-refractivity contribution in [2.45, 2.75) is 32.4 Å². The maximum Gasteiger partial charge on any atom is 0.341 e. The molecule has 6 nitrogen and oxygen atoms in total. The first kappa shape index (κ1) is 15.0. The lowest BCUT2D eigenvalue weighted by Crippen LogP contribution is -2.37. The average Bonchev–Trinajstić information content (AvgIpc) is 2.69. The Labute approximate surface area is 119 Å². The topological polar surface area (TPSA) is 67.6 Å². The number of aliphatic hydroxyl groups is 1. The van der Waals surface area contributed by atoms with Gasteiger partial charge < -0.3 is 14.7 Å². The van der Waals surface area contributed by atoms with Crippen molar-refractivity contribution in [1.82, 2.24) is 14.7 Å². The van der Waals surface area contributed by atoms with E-state index in [-0.39, 0.29) is 12.1 Å². The van der Waals surface area contributed by atoms with E-state index in [2.05, 4.69) is 10.00 Å². The Morgan fingerprint density at radius 2 is 2.30 bits per heavy atom. The van der Waals surface area contributed by atoms with Gasteiger partial charge in [-0.2, -0.15) is 5.10 Å². The van der Waals surface area contributed by atoms with Gasteiger partial charge in [-0.15, -0.1) is 0 Å². The molecule has 20 heavy (non-hydrogen) atoms. The fourth-order valence-electron chi connectivity index (χ4n) is 2.64. The maximum absolute atomic E-state index is 11.9. The van der Waals surface area contributed by atoms with Gasteiger partial charge in [-0.05, 0) is 32.7 Å². The van der Waals surface area contributed by atoms with E-state index in [0.717, 1.165) is 25.1 Å². The highest BCUT2D eigenvalue weighted by atomic mass is 16.5. The fourth-order valence-corrected chi connectivity index (χ4v) is 2.64. The van der Waals surface area contributed by atoms with Crippen LogP contribution in [0.25, 0.3) is 0 Å². The van der Waals surface area contributed by atoms with Gasteiger partial charge in [0.05, 0.1) is 24.6 Å². The second-order valence-electron chi connectivity index (χ2n) is 5.54. The average molecular weight is 281 g/mol. The Morgan fingerprint density at radius 3 is 2.90 bits per heavy atom. The molecule has 112 valence electrons. The molecule has 0 radical (unpaired) electrons. The zero-order valence-electron chi connectivity index (χ0n) is 12.4. The monoisotopic (exact) mass is 281 g/mol. The number of hydrogen-bond donors (Lipinski definition) is 1. The molecule has 0 aliphatic heterocycles. The van der Waals surface area contributed by atoms with Crippen molar-refractivity contribution in [2.75, 3.05) is 20.2 Å². The highest BCUT2D eigenvalue weighted by Gasteiger charge is 2.28. The number of aliphatic hydroxyl groups excluding tert-OH is 1. The van der Waals surface area contributed by atoms with Crippen molar-refractivity contribution in [2.24, 2.45) is 13.0 Å². The van der Waals surface area contributed by atoms with Crippen LogP contribution in [0, 0.1) is 5.92 Å². The zero-order valence-corrected chi connectivity index (χ0v) is 12.4. The van der Waals surface area contributed by atoms with Crippen LogP contribution < -0.4 is 0 Å². The van der Waals surface area contributed by atoms with E-state index in [4.69, 9.17) is 4.74 Å². The quantitative estimate of drug-likeness (QED) is 0.781. The van der Waals surface area contributed by atoms with Crippen LogP contribution in [-0.2, 0) is 18.3 Å². The van der Waals surface area contributed by atoms with Crippen LogP contribution in [0.5, 0.6) is 0 Å². The van der Waals surface area contributed by atoms with Gasteiger partial charge >= 0.3 is 5.97 Å². The summed E-state index contributed by atoms with van der Waals surface area (Å²) in [5.74, 6) is 0.234. The van der Waals surface area contributed by atoms with E-state index in [0.29, 0.717) is 24.6 Å². The Balaban J connectivity index is 1.97. The summed E-state index contributed by atoms with van der Waals surface area (Å²) < 4.78 is 6.77. The third kappa shape index (κ3) is 3.37. The highest BCUT2D eigenvalue weighted by Crippen LogP contribution is 2.28. The summed E-state index contributed by atoms with van der Waals surface area (Å²) in [4.78, 5) is 14.0. The standard InChI is InChI=1S/C14H23N3O3/c1-4-20-14(19)12-7-15-17(3)13(12)9-16(2)8-10-5-11(18)6-10/h7,10-11,18H,4-6,8-9H2,1-3H3. The molecule has 1 saturated carbocycles. The van der Waals surface area contributed by atoms with Gasteiger partial charge in [-0.25, -0.2) is 4.79 Å². The molecule has 1 N–H and O–H groups in total.